The molecule has 0 N–H and O–H groups in total. The molecule has 4 unspecified atom stereocenters. The minimum absolute atomic E-state index is 0.0843. The number of carbonyl (C=O) groups excluding carboxylic acids is 2. The van der Waals surface area contributed by atoms with Crippen LogP contribution in [0.15, 0.2) is 18.2 Å². The molecule has 2 saturated heterocycles. The van der Waals surface area contributed by atoms with Gasteiger partial charge in [0.2, 0.25) is 0 Å². The summed E-state index contributed by atoms with van der Waals surface area (Å²) in [5.41, 5.74) is 0.494. The van der Waals surface area contributed by atoms with Crippen molar-refractivity contribution in [3.63, 3.8) is 0 Å². The molecule has 31 heavy (non-hydrogen) atoms. The molecule has 0 radical (unpaired) electrons. The first-order chi connectivity index (χ1) is 14.7. The fraction of sp³-hybridized carbons (Fsp3) is 0.652. The zero-order chi connectivity index (χ0) is 22.7. The molecule has 8 nitrogen and oxygen atoms in total. The minimum Gasteiger partial charge on any atom is -0.452 e. The molecule has 0 aliphatic carbocycles. The Morgan fingerprint density at radius 1 is 1.10 bits per heavy atom. The second-order valence-corrected chi connectivity index (χ2v) is 9.32. The highest BCUT2D eigenvalue weighted by Crippen LogP contribution is 2.34. The molecule has 3 rings (SSSR count). The number of hydrogen-bond donors (Lipinski definition) is 0. The molecule has 2 heterocycles. The molecule has 8 heteroatoms. The first-order valence-electron chi connectivity index (χ1n) is 11.2. The number of rotatable bonds is 5. The number of likely N-dealkylation sites (tertiary alicyclic amines) is 1. The van der Waals surface area contributed by atoms with Crippen LogP contribution in [0.25, 0.3) is 0 Å². The van der Waals surface area contributed by atoms with Gasteiger partial charge in [0, 0.05) is 31.2 Å². The Hall–Kier alpha value is -2.64. The molecule has 0 aromatic heterocycles. The summed E-state index contributed by atoms with van der Waals surface area (Å²) >= 11 is 0. The third-order valence-electron chi connectivity index (χ3n) is 6.43. The van der Waals surface area contributed by atoms with E-state index in [0.717, 1.165) is 38.8 Å². The van der Waals surface area contributed by atoms with Crippen LogP contribution in [0.3, 0.4) is 0 Å². The number of nitro groups is 1. The fourth-order valence-corrected chi connectivity index (χ4v) is 5.12. The molecule has 1 aromatic carbocycles. The van der Waals surface area contributed by atoms with Crippen LogP contribution in [-0.2, 0) is 9.53 Å². The second kappa shape index (κ2) is 9.66. The van der Waals surface area contributed by atoms with E-state index in [0.29, 0.717) is 17.5 Å². The SMILES string of the molecule is CC1CC(C)CN(c2ccc(C(=O)OCC(=O)N3C(C)CCCC3C)cc2[N+](=O)[O-])C1. The fourth-order valence-electron chi connectivity index (χ4n) is 5.12. The third-order valence-corrected chi connectivity index (χ3v) is 6.43. The predicted molar refractivity (Wildman–Crippen MR) is 118 cm³/mol. The van der Waals surface area contributed by atoms with Crippen molar-refractivity contribution in [2.45, 2.75) is 65.5 Å². The molecule has 1 aromatic rings. The van der Waals surface area contributed by atoms with E-state index < -0.39 is 10.9 Å². The van der Waals surface area contributed by atoms with Crippen LogP contribution in [0.1, 0.15) is 63.7 Å². The zero-order valence-electron chi connectivity index (χ0n) is 18.9. The molecule has 2 fully saturated rings. The maximum atomic E-state index is 12.6. The van der Waals surface area contributed by atoms with Gasteiger partial charge in [-0.3, -0.25) is 14.9 Å². The average Bonchev–Trinajstić information content (AvgIpc) is 2.70. The zero-order valence-corrected chi connectivity index (χ0v) is 18.9. The van der Waals surface area contributed by atoms with Gasteiger partial charge in [-0.1, -0.05) is 13.8 Å². The van der Waals surface area contributed by atoms with Gasteiger partial charge in [0.15, 0.2) is 6.61 Å². The summed E-state index contributed by atoms with van der Waals surface area (Å²) < 4.78 is 5.23. The summed E-state index contributed by atoms with van der Waals surface area (Å²) in [5, 5.41) is 11.7. The van der Waals surface area contributed by atoms with Gasteiger partial charge >= 0.3 is 5.97 Å². The van der Waals surface area contributed by atoms with Gasteiger partial charge in [-0.2, -0.15) is 0 Å². The number of amides is 1. The van der Waals surface area contributed by atoms with E-state index in [1.165, 1.54) is 6.07 Å². The Morgan fingerprint density at radius 2 is 1.71 bits per heavy atom. The molecule has 170 valence electrons. The lowest BCUT2D eigenvalue weighted by atomic mass is 9.91. The van der Waals surface area contributed by atoms with Crippen molar-refractivity contribution in [2.75, 3.05) is 24.6 Å². The van der Waals surface area contributed by atoms with Crippen molar-refractivity contribution in [2.24, 2.45) is 11.8 Å². The van der Waals surface area contributed by atoms with Gasteiger partial charge in [-0.25, -0.2) is 4.79 Å². The van der Waals surface area contributed by atoms with Gasteiger partial charge in [0.25, 0.3) is 11.6 Å². The van der Waals surface area contributed by atoms with Crippen molar-refractivity contribution in [3.05, 3.63) is 33.9 Å². The number of piperidine rings is 2. The second-order valence-electron chi connectivity index (χ2n) is 9.32. The maximum Gasteiger partial charge on any atom is 0.338 e. The topological polar surface area (TPSA) is 93.0 Å². The quantitative estimate of drug-likeness (QED) is 0.397. The van der Waals surface area contributed by atoms with Crippen molar-refractivity contribution in [1.29, 1.82) is 0 Å². The van der Waals surface area contributed by atoms with Crippen LogP contribution < -0.4 is 4.90 Å². The highest BCUT2D eigenvalue weighted by atomic mass is 16.6. The predicted octanol–water partition coefficient (Wildman–Crippen LogP) is 4.02. The summed E-state index contributed by atoms with van der Waals surface area (Å²) in [6.45, 7) is 9.41. The molecular formula is C23H33N3O5. The molecule has 2 aliphatic rings. The Kier molecular flexibility index (Phi) is 7.18. The van der Waals surface area contributed by atoms with Gasteiger partial charge in [-0.05, 0) is 63.5 Å². The van der Waals surface area contributed by atoms with Crippen molar-refractivity contribution in [1.82, 2.24) is 4.90 Å². The van der Waals surface area contributed by atoms with E-state index in [2.05, 4.69) is 13.8 Å². The van der Waals surface area contributed by atoms with Gasteiger partial charge in [-0.15, -0.1) is 0 Å². The van der Waals surface area contributed by atoms with E-state index in [9.17, 15) is 19.7 Å². The normalized spacial score (nSPS) is 26.5. The van der Waals surface area contributed by atoms with Gasteiger partial charge in [0.05, 0.1) is 10.5 Å². The van der Waals surface area contributed by atoms with Crippen molar-refractivity contribution in [3.8, 4) is 0 Å². The van der Waals surface area contributed by atoms with Crippen LogP contribution in [-0.4, -0.2) is 53.5 Å². The largest absolute Gasteiger partial charge is 0.452 e. The highest BCUT2D eigenvalue weighted by molar-refractivity contribution is 5.93. The first kappa shape index (κ1) is 23.0. The lowest BCUT2D eigenvalue weighted by Crippen LogP contribution is -2.49. The Morgan fingerprint density at radius 3 is 2.29 bits per heavy atom. The number of hydrogen-bond acceptors (Lipinski definition) is 6. The average molecular weight is 432 g/mol. The van der Waals surface area contributed by atoms with Gasteiger partial charge in [0.1, 0.15) is 5.69 Å². The van der Waals surface area contributed by atoms with Crippen molar-refractivity contribution < 1.29 is 19.2 Å². The lowest BCUT2D eigenvalue weighted by Gasteiger charge is -2.38. The van der Waals surface area contributed by atoms with E-state index in [4.69, 9.17) is 4.74 Å². The molecular weight excluding hydrogens is 398 g/mol. The molecule has 0 saturated carbocycles. The summed E-state index contributed by atoms with van der Waals surface area (Å²) in [5.74, 6) is -0.0617. The Bertz CT molecular complexity index is 823. The van der Waals surface area contributed by atoms with Crippen LogP contribution in [0.2, 0.25) is 0 Å². The molecule has 0 bridgehead atoms. The maximum absolute atomic E-state index is 12.6. The first-order valence-corrected chi connectivity index (χ1v) is 11.2. The number of carbonyl (C=O) groups is 2. The van der Waals surface area contributed by atoms with E-state index in [-0.39, 0.29) is 35.8 Å². The number of nitro benzene ring substituents is 1. The summed E-state index contributed by atoms with van der Waals surface area (Å²) in [6, 6.07) is 4.66. The Balaban J connectivity index is 1.71. The monoisotopic (exact) mass is 431 g/mol. The summed E-state index contributed by atoms with van der Waals surface area (Å²) in [7, 11) is 0. The molecule has 2 aliphatic heterocycles. The lowest BCUT2D eigenvalue weighted by molar-refractivity contribution is -0.384. The van der Waals surface area contributed by atoms with Crippen molar-refractivity contribution >= 4 is 23.3 Å². The smallest absolute Gasteiger partial charge is 0.338 e. The number of esters is 1. The van der Waals surface area contributed by atoms with E-state index >= 15 is 0 Å². The minimum atomic E-state index is -0.722. The van der Waals surface area contributed by atoms with Crippen LogP contribution >= 0.6 is 0 Å². The Labute approximate surface area is 183 Å². The highest BCUT2D eigenvalue weighted by Gasteiger charge is 2.31. The third kappa shape index (κ3) is 5.35. The van der Waals surface area contributed by atoms with Crippen LogP contribution in [0.4, 0.5) is 11.4 Å². The number of ether oxygens (including phenoxy) is 1. The number of nitrogens with zero attached hydrogens (tertiary/aromatic N) is 3. The number of anilines is 1. The van der Waals surface area contributed by atoms with Crippen LogP contribution in [0, 0.1) is 22.0 Å². The molecule has 0 spiro atoms. The van der Waals surface area contributed by atoms with E-state index in [1.807, 2.05) is 18.7 Å². The standard InChI is InChI=1S/C23H33N3O5/c1-15-10-16(2)13-24(12-15)20-9-8-19(11-21(20)26(29)30)23(28)31-14-22(27)25-17(3)6-5-7-18(25)4/h8-9,11,15-18H,5-7,10,12-14H2,1-4H3. The summed E-state index contributed by atoms with van der Waals surface area (Å²) in [4.78, 5) is 40.2. The molecule has 1 amide bonds. The number of benzene rings is 1. The summed E-state index contributed by atoms with van der Waals surface area (Å²) in [6.07, 6.45) is 4.05. The molecule has 4 atom stereocenters. The van der Waals surface area contributed by atoms with E-state index in [1.54, 1.807) is 17.0 Å². The van der Waals surface area contributed by atoms with Crippen LogP contribution in [0.5, 0.6) is 0 Å². The van der Waals surface area contributed by atoms with Gasteiger partial charge < -0.3 is 14.5 Å².